The van der Waals surface area contributed by atoms with E-state index in [9.17, 15) is 8.42 Å². The van der Waals surface area contributed by atoms with Crippen LogP contribution < -0.4 is 4.72 Å². The quantitative estimate of drug-likeness (QED) is 0.820. The first-order chi connectivity index (χ1) is 9.44. The zero-order chi connectivity index (χ0) is 15.2. The topological polar surface area (TPSA) is 90.2 Å². The van der Waals surface area contributed by atoms with E-state index < -0.39 is 15.3 Å². The monoisotopic (exact) mass is 292 g/mol. The van der Waals surface area contributed by atoms with Crippen molar-refractivity contribution in [3.05, 3.63) is 29.3 Å². The van der Waals surface area contributed by atoms with E-state index in [2.05, 4.69) is 16.6 Å². The minimum Gasteiger partial charge on any atom is -0.384 e. The van der Waals surface area contributed by atoms with Gasteiger partial charge in [0.25, 0.3) is 0 Å². The Morgan fingerprint density at radius 3 is 2.70 bits per heavy atom. The second-order valence-electron chi connectivity index (χ2n) is 4.16. The molecule has 1 aromatic rings. The predicted molar refractivity (Wildman–Crippen MR) is 77.4 cm³/mol. The summed E-state index contributed by atoms with van der Waals surface area (Å²) in [5, 5.41) is 16.4. The number of sulfonamides is 1. The number of benzene rings is 1. The second-order valence-corrected chi connectivity index (χ2v) is 6.03. The van der Waals surface area contributed by atoms with Crippen LogP contribution in [0.1, 0.15) is 24.5 Å². The Labute approximate surface area is 119 Å². The molecule has 0 aliphatic heterocycles. The Bertz CT molecular complexity index is 679. The van der Waals surface area contributed by atoms with Crippen LogP contribution in [-0.4, -0.2) is 25.4 Å². The van der Waals surface area contributed by atoms with Crippen LogP contribution in [0, 0.1) is 30.1 Å². The van der Waals surface area contributed by atoms with E-state index in [4.69, 9.17) is 10.4 Å². The first-order valence-corrected chi connectivity index (χ1v) is 7.60. The summed E-state index contributed by atoms with van der Waals surface area (Å²) in [7, 11) is -3.74. The van der Waals surface area contributed by atoms with Crippen molar-refractivity contribution in [2.75, 3.05) is 11.3 Å². The van der Waals surface area contributed by atoms with Crippen LogP contribution in [-0.2, 0) is 10.0 Å². The summed E-state index contributed by atoms with van der Waals surface area (Å²) in [6, 6.07) is 6.81. The zero-order valence-electron chi connectivity index (χ0n) is 11.3. The van der Waals surface area contributed by atoms with Crippen molar-refractivity contribution >= 4 is 15.7 Å². The SMILES string of the molecule is CCC(C#N)S(=O)(=O)Nc1cc(C#CCO)ccc1C. The number of hydrogen-bond acceptors (Lipinski definition) is 4. The highest BCUT2D eigenvalue weighted by atomic mass is 32.2. The van der Waals surface area contributed by atoms with Gasteiger partial charge >= 0.3 is 0 Å². The van der Waals surface area contributed by atoms with Gasteiger partial charge in [0.1, 0.15) is 6.61 Å². The summed E-state index contributed by atoms with van der Waals surface area (Å²) < 4.78 is 26.5. The second kappa shape index (κ2) is 6.95. The molecule has 1 atom stereocenters. The van der Waals surface area contributed by atoms with Gasteiger partial charge in [0, 0.05) is 5.56 Å². The summed E-state index contributed by atoms with van der Waals surface area (Å²) in [5.41, 5.74) is 1.71. The minimum atomic E-state index is -3.74. The van der Waals surface area contributed by atoms with Crippen molar-refractivity contribution in [3.8, 4) is 17.9 Å². The van der Waals surface area contributed by atoms with Crippen LogP contribution in [0.3, 0.4) is 0 Å². The van der Waals surface area contributed by atoms with Gasteiger partial charge in [0.2, 0.25) is 10.0 Å². The van der Waals surface area contributed by atoms with Crippen LogP contribution in [0.4, 0.5) is 5.69 Å². The average Bonchev–Trinajstić information content (AvgIpc) is 2.40. The minimum absolute atomic E-state index is 0.217. The van der Waals surface area contributed by atoms with Gasteiger partial charge in [0.15, 0.2) is 5.25 Å². The molecule has 0 heterocycles. The molecule has 1 unspecified atom stereocenters. The van der Waals surface area contributed by atoms with Crippen LogP contribution in [0.25, 0.3) is 0 Å². The smallest absolute Gasteiger partial charge is 0.249 e. The normalized spacial score (nSPS) is 11.9. The lowest BCUT2D eigenvalue weighted by molar-refractivity contribution is 0.350. The molecular weight excluding hydrogens is 276 g/mol. The number of nitriles is 1. The first-order valence-electron chi connectivity index (χ1n) is 6.06. The first kappa shape index (κ1) is 16.0. The lowest BCUT2D eigenvalue weighted by Crippen LogP contribution is -2.26. The Kier molecular flexibility index (Phi) is 5.57. The molecular formula is C14H16N2O3S. The molecule has 0 aliphatic rings. The molecule has 5 nitrogen and oxygen atoms in total. The fourth-order valence-electron chi connectivity index (χ4n) is 1.56. The molecule has 0 amide bonds. The molecule has 2 N–H and O–H groups in total. The molecule has 0 bridgehead atoms. The molecule has 20 heavy (non-hydrogen) atoms. The zero-order valence-corrected chi connectivity index (χ0v) is 12.2. The highest BCUT2D eigenvalue weighted by Gasteiger charge is 2.23. The predicted octanol–water partition coefficient (Wildman–Crippen LogP) is 1.38. The lowest BCUT2D eigenvalue weighted by Gasteiger charge is -2.13. The maximum absolute atomic E-state index is 12.0. The van der Waals surface area contributed by atoms with Crippen molar-refractivity contribution in [1.29, 1.82) is 5.26 Å². The van der Waals surface area contributed by atoms with Crippen LogP contribution >= 0.6 is 0 Å². The van der Waals surface area contributed by atoms with E-state index in [1.807, 2.05) is 0 Å². The molecule has 0 saturated heterocycles. The molecule has 106 valence electrons. The van der Waals surface area contributed by atoms with Crippen molar-refractivity contribution < 1.29 is 13.5 Å². The number of aliphatic hydroxyl groups excluding tert-OH is 1. The highest BCUT2D eigenvalue weighted by molar-refractivity contribution is 7.93. The van der Waals surface area contributed by atoms with Crippen molar-refractivity contribution in [2.45, 2.75) is 25.5 Å². The molecule has 0 saturated carbocycles. The Morgan fingerprint density at radius 2 is 2.15 bits per heavy atom. The van der Waals surface area contributed by atoms with Gasteiger partial charge in [-0.3, -0.25) is 4.72 Å². The van der Waals surface area contributed by atoms with Gasteiger partial charge in [-0.25, -0.2) is 8.42 Å². The molecule has 0 spiro atoms. The van der Waals surface area contributed by atoms with Crippen LogP contribution in [0.5, 0.6) is 0 Å². The van der Waals surface area contributed by atoms with E-state index in [-0.39, 0.29) is 13.0 Å². The molecule has 6 heteroatoms. The molecule has 1 aromatic carbocycles. The van der Waals surface area contributed by atoms with Gasteiger partial charge < -0.3 is 5.11 Å². The van der Waals surface area contributed by atoms with Crippen LogP contribution in [0.15, 0.2) is 18.2 Å². The summed E-state index contributed by atoms with van der Waals surface area (Å²) in [6.07, 6.45) is 0.217. The van der Waals surface area contributed by atoms with Gasteiger partial charge in [-0.1, -0.05) is 24.8 Å². The lowest BCUT2D eigenvalue weighted by atomic mass is 10.1. The molecule has 0 fully saturated rings. The Morgan fingerprint density at radius 1 is 1.45 bits per heavy atom. The third kappa shape index (κ3) is 3.99. The maximum Gasteiger partial charge on any atom is 0.249 e. The number of aryl methyl sites for hydroxylation is 1. The van der Waals surface area contributed by atoms with Gasteiger partial charge in [-0.05, 0) is 31.0 Å². The summed E-state index contributed by atoms with van der Waals surface area (Å²) in [6.45, 7) is 3.14. The van der Waals surface area contributed by atoms with Crippen molar-refractivity contribution in [2.24, 2.45) is 0 Å². The number of aliphatic hydroxyl groups is 1. The third-order valence-corrected chi connectivity index (χ3v) is 4.38. The summed E-state index contributed by atoms with van der Waals surface area (Å²) >= 11 is 0. The van der Waals surface area contributed by atoms with E-state index in [0.717, 1.165) is 5.56 Å². The van der Waals surface area contributed by atoms with Gasteiger partial charge in [0.05, 0.1) is 11.8 Å². The summed E-state index contributed by atoms with van der Waals surface area (Å²) in [4.78, 5) is 0. The van der Waals surface area contributed by atoms with Crippen molar-refractivity contribution in [1.82, 2.24) is 0 Å². The number of rotatable bonds is 4. The van der Waals surface area contributed by atoms with Gasteiger partial charge in [-0.15, -0.1) is 0 Å². The molecule has 0 aromatic heterocycles. The Balaban J connectivity index is 3.12. The van der Waals surface area contributed by atoms with E-state index in [1.54, 1.807) is 38.1 Å². The number of nitrogens with zero attached hydrogens (tertiary/aromatic N) is 1. The fraction of sp³-hybridized carbons (Fsp3) is 0.357. The standard InChI is InChI=1S/C14H16N2O3S/c1-3-13(10-15)20(18,19)16-14-9-12(5-4-8-17)7-6-11(14)2/h6-7,9,13,16-17H,3,8H2,1-2H3. The van der Waals surface area contributed by atoms with Gasteiger partial charge in [-0.2, -0.15) is 5.26 Å². The molecule has 0 radical (unpaired) electrons. The average molecular weight is 292 g/mol. The number of nitrogens with one attached hydrogen (secondary N) is 1. The molecule has 0 aliphatic carbocycles. The summed E-state index contributed by atoms with van der Waals surface area (Å²) in [5.74, 6) is 5.20. The Hall–Kier alpha value is -2.02. The van der Waals surface area contributed by atoms with Crippen molar-refractivity contribution in [3.63, 3.8) is 0 Å². The van der Waals surface area contributed by atoms with E-state index in [0.29, 0.717) is 11.3 Å². The number of anilines is 1. The highest BCUT2D eigenvalue weighted by Crippen LogP contribution is 2.20. The fourth-order valence-corrected chi connectivity index (χ4v) is 2.80. The van der Waals surface area contributed by atoms with Crippen LogP contribution in [0.2, 0.25) is 0 Å². The molecule has 1 rings (SSSR count). The number of hydrogen-bond donors (Lipinski definition) is 2. The maximum atomic E-state index is 12.0. The van der Waals surface area contributed by atoms with E-state index in [1.165, 1.54) is 0 Å². The third-order valence-electron chi connectivity index (χ3n) is 2.69. The largest absolute Gasteiger partial charge is 0.384 e. The van der Waals surface area contributed by atoms with E-state index >= 15 is 0 Å².